The van der Waals surface area contributed by atoms with Crippen molar-refractivity contribution in [3.63, 3.8) is 0 Å². The highest BCUT2D eigenvalue weighted by Gasteiger charge is 2.06. The molecule has 126 valence electrons. The summed E-state index contributed by atoms with van der Waals surface area (Å²) >= 11 is 0. The largest absolute Gasteiger partial charge is 0.388 e. The maximum atomic E-state index is 10.0. The zero-order chi connectivity index (χ0) is 16.7. The van der Waals surface area contributed by atoms with Crippen LogP contribution < -0.4 is 0 Å². The fraction of sp³-hybridized carbons (Fsp3) is 0.786. The first kappa shape index (κ1) is 22.5. The minimum Gasteiger partial charge on any atom is -0.388 e. The van der Waals surface area contributed by atoms with Crippen molar-refractivity contribution in [1.29, 1.82) is 0 Å². The maximum absolute atomic E-state index is 10.0. The molecule has 21 heavy (non-hydrogen) atoms. The molecule has 0 aliphatic carbocycles. The van der Waals surface area contributed by atoms with Crippen molar-refractivity contribution in [2.45, 2.75) is 46.1 Å². The number of carbonyl (C=O) groups excluding carboxylic acids is 1. The molecule has 0 rings (SSSR count). The van der Waals surface area contributed by atoms with E-state index in [0.717, 1.165) is 25.9 Å². The molecule has 1 atom stereocenters. The number of carbonyl (C=O) groups is 1. The molecular weight excluding hydrogens is 294 g/mol. The van der Waals surface area contributed by atoms with E-state index < -0.39 is 16.2 Å². The van der Waals surface area contributed by atoms with E-state index in [4.69, 9.17) is 4.55 Å². The van der Waals surface area contributed by atoms with Crippen LogP contribution in [0.1, 0.15) is 40.0 Å². The van der Waals surface area contributed by atoms with Crippen LogP contribution in [0.5, 0.6) is 0 Å². The van der Waals surface area contributed by atoms with E-state index in [1.54, 1.807) is 6.92 Å². The minimum absolute atomic E-state index is 0.132. The van der Waals surface area contributed by atoms with Gasteiger partial charge >= 0.3 is 0 Å². The quantitative estimate of drug-likeness (QED) is 0.359. The second-order valence-electron chi connectivity index (χ2n) is 4.67. The van der Waals surface area contributed by atoms with Crippen LogP contribution in [0.25, 0.3) is 0 Å². The van der Waals surface area contributed by atoms with Crippen LogP contribution in [0.15, 0.2) is 12.2 Å². The molecule has 0 saturated carbocycles. The second-order valence-corrected chi connectivity index (χ2v) is 6.25. The number of hydrogen-bond donors (Lipinski definition) is 2. The van der Waals surface area contributed by atoms with Crippen molar-refractivity contribution < 1.29 is 22.9 Å². The Morgan fingerprint density at radius 2 is 1.62 bits per heavy atom. The third kappa shape index (κ3) is 19.2. The summed E-state index contributed by atoms with van der Waals surface area (Å²) in [7, 11) is -3.67. The number of allylic oxidation sites excluding steroid dienone is 1. The molecule has 0 aliphatic rings. The summed E-state index contributed by atoms with van der Waals surface area (Å²) in [6, 6.07) is 0. The number of hydrogen-bond acceptors (Lipinski definition) is 5. The van der Waals surface area contributed by atoms with Gasteiger partial charge in [-0.15, -0.1) is 0 Å². The summed E-state index contributed by atoms with van der Waals surface area (Å²) in [6.45, 7) is 8.55. The van der Waals surface area contributed by atoms with Crippen LogP contribution in [0.2, 0.25) is 0 Å². The van der Waals surface area contributed by atoms with Crippen molar-refractivity contribution in [3.8, 4) is 0 Å². The first-order chi connectivity index (χ1) is 9.80. The molecule has 0 radical (unpaired) electrons. The first-order valence-electron chi connectivity index (χ1n) is 7.28. The number of nitrogens with zero attached hydrogens (tertiary/aromatic N) is 1. The summed E-state index contributed by atoms with van der Waals surface area (Å²) in [6.07, 6.45) is 5.69. The third-order valence-corrected chi connectivity index (χ3v) is 3.32. The van der Waals surface area contributed by atoms with Gasteiger partial charge in [0, 0.05) is 6.54 Å². The Morgan fingerprint density at radius 3 is 1.90 bits per heavy atom. The average Bonchev–Trinajstić information content (AvgIpc) is 2.36. The zero-order valence-electron chi connectivity index (χ0n) is 13.2. The molecular formula is C14H29NO5S. The molecule has 0 aromatic rings. The molecule has 0 heterocycles. The van der Waals surface area contributed by atoms with Gasteiger partial charge in [-0.05, 0) is 38.4 Å². The van der Waals surface area contributed by atoms with Crippen LogP contribution in [-0.4, -0.2) is 60.8 Å². The van der Waals surface area contributed by atoms with Gasteiger partial charge in [-0.3, -0.25) is 9.35 Å². The van der Waals surface area contributed by atoms with Gasteiger partial charge < -0.3 is 10.0 Å². The predicted molar refractivity (Wildman–Crippen MR) is 84.9 cm³/mol. The molecule has 0 saturated heterocycles. The zero-order valence-corrected chi connectivity index (χ0v) is 14.1. The molecule has 0 bridgehead atoms. The Bertz CT molecular complexity index is 362. The number of aldehydes is 1. The molecule has 0 aromatic heterocycles. The SMILES string of the molecule is CCCN(CCC)CC(O)C=CC=O.CCCS(=O)(=O)O. The van der Waals surface area contributed by atoms with Crippen molar-refractivity contribution >= 4 is 16.4 Å². The van der Waals surface area contributed by atoms with Crippen LogP contribution in [0, 0.1) is 0 Å². The van der Waals surface area contributed by atoms with Gasteiger partial charge in [-0.1, -0.05) is 26.8 Å². The topological polar surface area (TPSA) is 94.9 Å². The molecule has 7 heteroatoms. The lowest BCUT2D eigenvalue weighted by molar-refractivity contribution is -0.104. The van der Waals surface area contributed by atoms with Gasteiger partial charge in [0.25, 0.3) is 10.1 Å². The average molecular weight is 323 g/mol. The number of rotatable bonds is 10. The lowest BCUT2D eigenvalue weighted by atomic mass is 10.2. The smallest absolute Gasteiger partial charge is 0.264 e. The molecule has 0 spiro atoms. The molecule has 6 nitrogen and oxygen atoms in total. The summed E-state index contributed by atoms with van der Waals surface area (Å²) in [5.41, 5.74) is 0. The fourth-order valence-electron chi connectivity index (χ4n) is 1.68. The number of aliphatic hydroxyl groups is 1. The van der Waals surface area contributed by atoms with Crippen LogP contribution in [0.4, 0.5) is 0 Å². The Morgan fingerprint density at radius 1 is 1.10 bits per heavy atom. The Balaban J connectivity index is 0. The van der Waals surface area contributed by atoms with Gasteiger partial charge in [0.2, 0.25) is 0 Å². The molecule has 0 fully saturated rings. The molecule has 1 unspecified atom stereocenters. The molecule has 0 amide bonds. The van der Waals surface area contributed by atoms with E-state index in [-0.39, 0.29) is 5.75 Å². The summed E-state index contributed by atoms with van der Waals surface area (Å²) < 4.78 is 27.6. The van der Waals surface area contributed by atoms with E-state index in [2.05, 4.69) is 18.7 Å². The van der Waals surface area contributed by atoms with Gasteiger partial charge in [-0.2, -0.15) is 8.42 Å². The van der Waals surface area contributed by atoms with Crippen molar-refractivity contribution in [3.05, 3.63) is 12.2 Å². The molecule has 0 aromatic carbocycles. The summed E-state index contributed by atoms with van der Waals surface area (Å²) in [5, 5.41) is 9.52. The van der Waals surface area contributed by atoms with Gasteiger partial charge in [0.05, 0.1) is 11.9 Å². The van der Waals surface area contributed by atoms with E-state index in [0.29, 0.717) is 19.3 Å². The maximum Gasteiger partial charge on any atom is 0.264 e. The van der Waals surface area contributed by atoms with Crippen molar-refractivity contribution in [2.24, 2.45) is 0 Å². The monoisotopic (exact) mass is 323 g/mol. The van der Waals surface area contributed by atoms with Gasteiger partial charge in [0.15, 0.2) is 0 Å². The lowest BCUT2D eigenvalue weighted by Crippen LogP contribution is -2.32. The fourth-order valence-corrected chi connectivity index (χ4v) is 2.20. The summed E-state index contributed by atoms with van der Waals surface area (Å²) in [4.78, 5) is 12.2. The Kier molecular flexibility index (Phi) is 15.2. The Labute approximate surface area is 128 Å². The van der Waals surface area contributed by atoms with Gasteiger partial charge in [0.1, 0.15) is 6.29 Å². The molecule has 2 N–H and O–H groups in total. The standard InChI is InChI=1S/C11H21NO2.C3H8O3S/c1-3-7-12(8-4-2)10-11(14)6-5-9-13;1-2-3-7(4,5)6/h5-6,9,11,14H,3-4,7-8,10H2,1-2H3;2-3H2,1H3,(H,4,5,6). The number of aliphatic hydroxyl groups excluding tert-OH is 1. The van der Waals surface area contributed by atoms with E-state index >= 15 is 0 Å². The van der Waals surface area contributed by atoms with E-state index in [1.807, 2.05) is 0 Å². The minimum atomic E-state index is -3.67. The summed E-state index contributed by atoms with van der Waals surface area (Å²) in [5.74, 6) is -0.132. The third-order valence-electron chi connectivity index (χ3n) is 2.40. The predicted octanol–water partition coefficient (Wildman–Crippen LogP) is 1.51. The van der Waals surface area contributed by atoms with Crippen LogP contribution >= 0.6 is 0 Å². The van der Waals surface area contributed by atoms with Crippen LogP contribution in [-0.2, 0) is 14.9 Å². The normalized spacial score (nSPS) is 13.0. The van der Waals surface area contributed by atoms with Gasteiger partial charge in [-0.25, -0.2) is 0 Å². The van der Waals surface area contributed by atoms with Crippen molar-refractivity contribution in [1.82, 2.24) is 4.90 Å². The Hall–Kier alpha value is -0.760. The highest BCUT2D eigenvalue weighted by atomic mass is 32.2. The van der Waals surface area contributed by atoms with Crippen molar-refractivity contribution in [2.75, 3.05) is 25.4 Å². The molecule has 0 aliphatic heterocycles. The van der Waals surface area contributed by atoms with E-state index in [9.17, 15) is 18.3 Å². The van der Waals surface area contributed by atoms with E-state index in [1.165, 1.54) is 12.2 Å². The lowest BCUT2D eigenvalue weighted by Gasteiger charge is -2.22. The highest BCUT2D eigenvalue weighted by Crippen LogP contribution is 1.97. The van der Waals surface area contributed by atoms with Crippen LogP contribution in [0.3, 0.4) is 0 Å². The second kappa shape index (κ2) is 14.2. The first-order valence-corrected chi connectivity index (χ1v) is 8.89. The highest BCUT2D eigenvalue weighted by molar-refractivity contribution is 7.85.